The van der Waals surface area contributed by atoms with Crippen molar-refractivity contribution in [3.05, 3.63) is 41.5 Å². The van der Waals surface area contributed by atoms with Crippen LogP contribution >= 0.6 is 0 Å². The third-order valence-electron chi connectivity index (χ3n) is 2.64. The number of carbonyl (C=O) groups is 1. The second kappa shape index (κ2) is 2.09. The zero-order valence-corrected chi connectivity index (χ0v) is 6.99. The fourth-order valence-electron chi connectivity index (χ4n) is 1.81. The molecule has 0 amide bonds. The molecule has 0 bridgehead atoms. The molecule has 2 heteroatoms. The van der Waals surface area contributed by atoms with Gasteiger partial charge in [-0.05, 0) is 11.6 Å². The molecule has 1 aliphatic carbocycles. The summed E-state index contributed by atoms with van der Waals surface area (Å²) in [5.41, 5.74) is 1.51. The summed E-state index contributed by atoms with van der Waals surface area (Å²) in [4.78, 5) is 11.5. The Morgan fingerprint density at radius 3 is 2.77 bits per heavy atom. The maximum absolute atomic E-state index is 11.5. The average molecular weight is 172 g/mol. The molecule has 1 fully saturated rings. The summed E-state index contributed by atoms with van der Waals surface area (Å²) >= 11 is 0. The summed E-state index contributed by atoms with van der Waals surface area (Å²) in [6.45, 7) is 0.535. The summed E-state index contributed by atoms with van der Waals surface area (Å²) in [6, 6.07) is 7.87. The minimum Gasteiger partial charge on any atom is -0.356 e. The van der Waals surface area contributed by atoms with Crippen molar-refractivity contribution in [2.24, 2.45) is 0 Å². The lowest BCUT2D eigenvalue weighted by Gasteiger charge is -2.15. The van der Waals surface area contributed by atoms with Crippen LogP contribution in [0.1, 0.15) is 11.1 Å². The Morgan fingerprint density at radius 2 is 2.00 bits per heavy atom. The highest BCUT2D eigenvalue weighted by Gasteiger charge is 2.54. The van der Waals surface area contributed by atoms with E-state index in [-0.39, 0.29) is 5.78 Å². The van der Waals surface area contributed by atoms with Crippen LogP contribution in [0.15, 0.2) is 30.3 Å². The second-order valence-electron chi connectivity index (χ2n) is 3.40. The van der Waals surface area contributed by atoms with E-state index >= 15 is 0 Å². The quantitative estimate of drug-likeness (QED) is 0.555. The number of epoxide rings is 1. The molecule has 1 atom stereocenters. The van der Waals surface area contributed by atoms with E-state index < -0.39 is 5.60 Å². The van der Waals surface area contributed by atoms with Crippen LogP contribution in [0.2, 0.25) is 0 Å². The number of hydrogen-bond donors (Lipinski definition) is 0. The molecular formula is C11H8O2. The van der Waals surface area contributed by atoms with Gasteiger partial charge in [0.2, 0.25) is 0 Å². The Balaban J connectivity index is 2.28. The van der Waals surface area contributed by atoms with Crippen molar-refractivity contribution in [3.63, 3.8) is 0 Å². The van der Waals surface area contributed by atoms with Gasteiger partial charge in [-0.3, -0.25) is 4.79 Å². The first kappa shape index (κ1) is 7.04. The van der Waals surface area contributed by atoms with Crippen molar-refractivity contribution in [1.82, 2.24) is 0 Å². The summed E-state index contributed by atoms with van der Waals surface area (Å²) < 4.78 is 5.27. The lowest BCUT2D eigenvalue weighted by atomic mass is 9.86. The number of benzene rings is 1. The Morgan fingerprint density at radius 1 is 1.23 bits per heavy atom. The fourth-order valence-corrected chi connectivity index (χ4v) is 1.81. The number of carbonyl (C=O) groups excluding carboxylic acids is 1. The molecule has 64 valence electrons. The van der Waals surface area contributed by atoms with Crippen molar-refractivity contribution in [2.75, 3.05) is 6.61 Å². The summed E-state index contributed by atoms with van der Waals surface area (Å²) in [5, 5.41) is 0. The van der Waals surface area contributed by atoms with Crippen molar-refractivity contribution in [1.29, 1.82) is 0 Å². The summed E-state index contributed by atoms with van der Waals surface area (Å²) in [7, 11) is 0. The lowest BCUT2D eigenvalue weighted by molar-refractivity contribution is -0.119. The summed E-state index contributed by atoms with van der Waals surface area (Å²) in [5.74, 6) is 0.0752. The van der Waals surface area contributed by atoms with Crippen LogP contribution in [0.5, 0.6) is 0 Å². The molecule has 0 aromatic heterocycles. The standard InChI is InChI=1S/C11H8O2/c12-10-6-5-8-3-1-2-4-9(8)11(10)7-13-11/h1-6H,7H2/t11-/m0/s1. The van der Waals surface area contributed by atoms with Crippen molar-refractivity contribution >= 4 is 11.9 Å². The number of rotatable bonds is 0. The van der Waals surface area contributed by atoms with Crippen LogP contribution in [-0.2, 0) is 15.1 Å². The van der Waals surface area contributed by atoms with E-state index in [1.807, 2.05) is 30.3 Å². The highest BCUT2D eigenvalue weighted by atomic mass is 16.6. The van der Waals surface area contributed by atoms with E-state index in [4.69, 9.17) is 4.74 Å². The van der Waals surface area contributed by atoms with Gasteiger partial charge in [0.05, 0.1) is 6.61 Å². The van der Waals surface area contributed by atoms with Crippen molar-refractivity contribution in [2.45, 2.75) is 5.60 Å². The Bertz CT molecular complexity index is 414. The first-order valence-electron chi connectivity index (χ1n) is 4.29. The maximum Gasteiger partial charge on any atom is 0.194 e. The van der Waals surface area contributed by atoms with Gasteiger partial charge in [-0.1, -0.05) is 30.3 Å². The predicted octanol–water partition coefficient (Wildman–Crippen LogP) is 1.51. The topological polar surface area (TPSA) is 29.6 Å². The molecule has 1 aromatic rings. The van der Waals surface area contributed by atoms with Crippen LogP contribution in [0.4, 0.5) is 0 Å². The molecule has 0 radical (unpaired) electrons. The number of ketones is 1. The lowest BCUT2D eigenvalue weighted by Crippen LogP contribution is -2.23. The minimum absolute atomic E-state index is 0.0752. The molecule has 3 rings (SSSR count). The van der Waals surface area contributed by atoms with Crippen LogP contribution in [0.3, 0.4) is 0 Å². The summed E-state index contributed by atoms with van der Waals surface area (Å²) in [6.07, 6.45) is 3.46. The van der Waals surface area contributed by atoms with Gasteiger partial charge in [0.1, 0.15) is 0 Å². The molecule has 1 aliphatic heterocycles. The van der Waals surface area contributed by atoms with E-state index in [9.17, 15) is 4.79 Å². The molecule has 1 saturated heterocycles. The van der Waals surface area contributed by atoms with Crippen molar-refractivity contribution < 1.29 is 9.53 Å². The van der Waals surface area contributed by atoms with Gasteiger partial charge >= 0.3 is 0 Å². The largest absolute Gasteiger partial charge is 0.356 e. The van der Waals surface area contributed by atoms with Crippen LogP contribution < -0.4 is 0 Å². The van der Waals surface area contributed by atoms with Crippen LogP contribution in [0, 0.1) is 0 Å². The van der Waals surface area contributed by atoms with Gasteiger partial charge in [0, 0.05) is 5.56 Å². The first-order valence-corrected chi connectivity index (χ1v) is 4.29. The molecule has 2 nitrogen and oxygen atoms in total. The third-order valence-corrected chi connectivity index (χ3v) is 2.64. The van der Waals surface area contributed by atoms with Gasteiger partial charge in [0.15, 0.2) is 11.4 Å². The van der Waals surface area contributed by atoms with Gasteiger partial charge in [-0.25, -0.2) is 0 Å². The second-order valence-corrected chi connectivity index (χ2v) is 3.40. The molecular weight excluding hydrogens is 164 g/mol. The van der Waals surface area contributed by atoms with E-state index in [1.54, 1.807) is 6.08 Å². The Hall–Kier alpha value is -1.41. The molecule has 13 heavy (non-hydrogen) atoms. The zero-order chi connectivity index (χ0) is 8.89. The number of ether oxygens (including phenoxy) is 1. The molecule has 0 unspecified atom stereocenters. The smallest absolute Gasteiger partial charge is 0.194 e. The highest BCUT2D eigenvalue weighted by Crippen LogP contribution is 2.44. The van der Waals surface area contributed by atoms with E-state index in [0.29, 0.717) is 6.61 Å². The minimum atomic E-state index is -0.606. The van der Waals surface area contributed by atoms with Crippen molar-refractivity contribution in [3.8, 4) is 0 Å². The van der Waals surface area contributed by atoms with Gasteiger partial charge < -0.3 is 4.74 Å². The van der Waals surface area contributed by atoms with Gasteiger partial charge in [-0.15, -0.1) is 0 Å². The zero-order valence-electron chi connectivity index (χ0n) is 6.99. The molecule has 0 saturated carbocycles. The first-order chi connectivity index (χ1) is 6.33. The molecule has 2 aliphatic rings. The number of hydrogen-bond acceptors (Lipinski definition) is 2. The van der Waals surface area contributed by atoms with Gasteiger partial charge in [-0.2, -0.15) is 0 Å². The Kier molecular flexibility index (Phi) is 1.13. The molecule has 1 heterocycles. The average Bonchev–Trinajstić information content (AvgIpc) is 2.94. The molecule has 0 N–H and O–H groups in total. The van der Waals surface area contributed by atoms with E-state index in [0.717, 1.165) is 11.1 Å². The van der Waals surface area contributed by atoms with E-state index in [1.165, 1.54) is 0 Å². The normalized spacial score (nSPS) is 29.1. The Labute approximate surface area is 75.8 Å². The fraction of sp³-hybridized carbons (Fsp3) is 0.182. The SMILES string of the molecule is O=C1C=Cc2ccccc2[C@@]12CO2. The third kappa shape index (κ3) is 0.783. The molecule has 1 spiro atoms. The van der Waals surface area contributed by atoms with Crippen LogP contribution in [-0.4, -0.2) is 12.4 Å². The van der Waals surface area contributed by atoms with Gasteiger partial charge in [0.25, 0.3) is 0 Å². The predicted molar refractivity (Wildman–Crippen MR) is 48.1 cm³/mol. The van der Waals surface area contributed by atoms with E-state index in [2.05, 4.69) is 0 Å². The highest BCUT2D eigenvalue weighted by molar-refractivity contribution is 6.05. The monoisotopic (exact) mass is 172 g/mol. The molecule has 1 aromatic carbocycles. The van der Waals surface area contributed by atoms with Crippen LogP contribution in [0.25, 0.3) is 6.08 Å². The number of fused-ring (bicyclic) bond motifs is 2. The maximum atomic E-state index is 11.5.